The number of ether oxygens (including phenoxy) is 2. The summed E-state index contributed by atoms with van der Waals surface area (Å²) < 4.78 is 13.5. The van der Waals surface area contributed by atoms with E-state index in [2.05, 4.69) is 25.7 Å². The first-order valence-corrected chi connectivity index (χ1v) is 11.6. The lowest BCUT2D eigenvalue weighted by Gasteiger charge is -2.24. The van der Waals surface area contributed by atoms with Gasteiger partial charge in [0.2, 0.25) is 5.88 Å². The number of aromatic amines is 1. The Morgan fingerprint density at radius 2 is 2.15 bits per heavy atom. The molecule has 1 aliphatic heterocycles. The van der Waals surface area contributed by atoms with Crippen LogP contribution in [0.5, 0.6) is 11.6 Å². The highest BCUT2D eigenvalue weighted by Gasteiger charge is 2.29. The normalized spacial score (nSPS) is 15.4. The standard InChI is InChI=1S/C26H27ClN4O3/c1-30(2)8-9-31-14-22(25(32)18-10-17-11-19(27)5-7-24(17)34-15-18)20-6-4-16(12-23(20)31)21-13-28-29-26(21)33-3/h4-7,11-14,18H,8-10,15H2,1-3H3,(H,28,29). The van der Waals surface area contributed by atoms with E-state index in [1.807, 2.05) is 50.6 Å². The van der Waals surface area contributed by atoms with Crippen LogP contribution in [0, 0.1) is 5.92 Å². The molecule has 8 heteroatoms. The summed E-state index contributed by atoms with van der Waals surface area (Å²) in [6, 6.07) is 11.7. The lowest BCUT2D eigenvalue weighted by Crippen LogP contribution is -2.28. The fourth-order valence-electron chi connectivity index (χ4n) is 4.54. The Hall–Kier alpha value is -3.29. The number of rotatable bonds is 7. The Labute approximate surface area is 203 Å². The number of methoxy groups -OCH3 is 1. The Morgan fingerprint density at radius 3 is 2.94 bits per heavy atom. The highest BCUT2D eigenvalue weighted by Crippen LogP contribution is 2.35. The van der Waals surface area contributed by atoms with Crippen molar-refractivity contribution in [3.63, 3.8) is 0 Å². The van der Waals surface area contributed by atoms with Crippen LogP contribution >= 0.6 is 11.6 Å². The molecule has 1 unspecified atom stereocenters. The maximum atomic E-state index is 13.7. The predicted molar refractivity (Wildman–Crippen MR) is 133 cm³/mol. The average Bonchev–Trinajstić information content (AvgIpc) is 3.46. The van der Waals surface area contributed by atoms with E-state index in [4.69, 9.17) is 21.1 Å². The molecule has 4 aromatic rings. The quantitative estimate of drug-likeness (QED) is 0.390. The van der Waals surface area contributed by atoms with Gasteiger partial charge in [0.15, 0.2) is 5.78 Å². The number of hydrogen-bond acceptors (Lipinski definition) is 5. The van der Waals surface area contributed by atoms with Crippen molar-refractivity contribution in [3.05, 3.63) is 64.9 Å². The number of fused-ring (bicyclic) bond motifs is 2. The first-order valence-electron chi connectivity index (χ1n) is 11.3. The van der Waals surface area contributed by atoms with Gasteiger partial charge in [-0.05, 0) is 55.9 Å². The molecule has 0 radical (unpaired) electrons. The summed E-state index contributed by atoms with van der Waals surface area (Å²) >= 11 is 6.18. The number of ketones is 1. The third-order valence-electron chi connectivity index (χ3n) is 6.36. The van der Waals surface area contributed by atoms with Crippen LogP contribution in [0.2, 0.25) is 5.02 Å². The molecule has 0 amide bonds. The zero-order valence-corrected chi connectivity index (χ0v) is 20.2. The number of carbonyl (C=O) groups excluding carboxylic acids is 1. The zero-order valence-electron chi connectivity index (χ0n) is 19.5. The van der Waals surface area contributed by atoms with E-state index < -0.39 is 0 Å². The van der Waals surface area contributed by atoms with E-state index in [0.29, 0.717) is 23.9 Å². The van der Waals surface area contributed by atoms with Crippen molar-refractivity contribution in [2.45, 2.75) is 13.0 Å². The van der Waals surface area contributed by atoms with Gasteiger partial charge >= 0.3 is 0 Å². The van der Waals surface area contributed by atoms with E-state index in [0.717, 1.165) is 52.0 Å². The molecule has 2 aromatic heterocycles. The highest BCUT2D eigenvalue weighted by molar-refractivity contribution is 6.30. The monoisotopic (exact) mass is 478 g/mol. The number of nitrogens with one attached hydrogen (secondary N) is 1. The van der Waals surface area contributed by atoms with Gasteiger partial charge in [-0.2, -0.15) is 5.10 Å². The van der Waals surface area contributed by atoms with E-state index in [-0.39, 0.29) is 11.7 Å². The predicted octanol–water partition coefficient (Wildman–Crippen LogP) is 4.69. The summed E-state index contributed by atoms with van der Waals surface area (Å²) in [5.74, 6) is 1.25. The van der Waals surface area contributed by atoms with Crippen molar-refractivity contribution >= 4 is 28.3 Å². The molecule has 0 spiro atoms. The Balaban J connectivity index is 1.53. The third kappa shape index (κ3) is 4.17. The lowest BCUT2D eigenvalue weighted by molar-refractivity contribution is 0.0856. The minimum absolute atomic E-state index is 0.0906. The number of aromatic nitrogens is 3. The number of benzene rings is 2. The maximum Gasteiger partial charge on any atom is 0.216 e. The highest BCUT2D eigenvalue weighted by atomic mass is 35.5. The molecule has 3 heterocycles. The number of likely N-dealkylation sites (N-methyl/N-ethyl adjacent to an activating group) is 1. The van der Waals surface area contributed by atoms with E-state index in [1.165, 1.54) is 0 Å². The molecule has 0 saturated carbocycles. The molecule has 1 aliphatic rings. The van der Waals surface area contributed by atoms with Gasteiger partial charge in [-0.15, -0.1) is 0 Å². The average molecular weight is 479 g/mol. The number of H-pyrrole nitrogens is 1. The first-order chi connectivity index (χ1) is 16.4. The SMILES string of the molecule is COc1[nH]ncc1-c1ccc2c(C(=O)C3COc4ccc(Cl)cc4C3)cn(CCN(C)C)c2c1. The van der Waals surface area contributed by atoms with Gasteiger partial charge in [-0.1, -0.05) is 23.7 Å². The molecule has 1 N–H and O–H groups in total. The van der Waals surface area contributed by atoms with Gasteiger partial charge in [-0.3, -0.25) is 4.79 Å². The second-order valence-electron chi connectivity index (χ2n) is 8.92. The molecular weight excluding hydrogens is 452 g/mol. The van der Waals surface area contributed by atoms with Crippen molar-refractivity contribution in [3.8, 4) is 22.8 Å². The third-order valence-corrected chi connectivity index (χ3v) is 6.59. The van der Waals surface area contributed by atoms with Crippen LogP contribution in [0.25, 0.3) is 22.0 Å². The van der Waals surface area contributed by atoms with Crippen molar-refractivity contribution in [2.75, 3.05) is 34.4 Å². The summed E-state index contributed by atoms with van der Waals surface area (Å²) in [6.45, 7) is 1.99. The van der Waals surface area contributed by atoms with Crippen LogP contribution < -0.4 is 9.47 Å². The summed E-state index contributed by atoms with van der Waals surface area (Å²) in [6.07, 6.45) is 4.35. The van der Waals surface area contributed by atoms with Crippen LogP contribution in [0.4, 0.5) is 0 Å². The largest absolute Gasteiger partial charge is 0.493 e. The van der Waals surface area contributed by atoms with Gasteiger partial charge < -0.3 is 18.9 Å². The van der Waals surface area contributed by atoms with Crippen LogP contribution in [0.3, 0.4) is 0 Å². The van der Waals surface area contributed by atoms with Crippen LogP contribution in [-0.2, 0) is 13.0 Å². The molecule has 1 atom stereocenters. The molecule has 0 aliphatic carbocycles. The topological polar surface area (TPSA) is 72.4 Å². The van der Waals surface area contributed by atoms with Gasteiger partial charge in [0.05, 0.1) is 31.4 Å². The van der Waals surface area contributed by atoms with E-state index in [9.17, 15) is 4.79 Å². The van der Waals surface area contributed by atoms with Crippen LogP contribution in [0.15, 0.2) is 48.8 Å². The molecule has 0 bridgehead atoms. The van der Waals surface area contributed by atoms with Gasteiger partial charge in [-0.25, -0.2) is 5.10 Å². The second-order valence-corrected chi connectivity index (χ2v) is 9.35. The maximum absolute atomic E-state index is 13.7. The molecule has 0 fully saturated rings. The van der Waals surface area contributed by atoms with Gasteiger partial charge in [0.25, 0.3) is 0 Å². The minimum atomic E-state index is -0.257. The summed E-state index contributed by atoms with van der Waals surface area (Å²) in [5.41, 5.74) is 4.56. The summed E-state index contributed by atoms with van der Waals surface area (Å²) in [7, 11) is 5.70. The fraction of sp³-hybridized carbons (Fsp3) is 0.308. The van der Waals surface area contributed by atoms with E-state index in [1.54, 1.807) is 13.3 Å². The Bertz CT molecular complexity index is 1360. The summed E-state index contributed by atoms with van der Waals surface area (Å²) in [5, 5.41) is 8.57. The number of hydrogen-bond donors (Lipinski definition) is 1. The van der Waals surface area contributed by atoms with Crippen molar-refractivity contribution in [2.24, 2.45) is 5.92 Å². The van der Waals surface area contributed by atoms with Crippen molar-refractivity contribution in [1.29, 1.82) is 0 Å². The summed E-state index contributed by atoms with van der Waals surface area (Å²) in [4.78, 5) is 15.8. The lowest BCUT2D eigenvalue weighted by atomic mass is 9.89. The molecule has 34 heavy (non-hydrogen) atoms. The van der Waals surface area contributed by atoms with E-state index >= 15 is 0 Å². The smallest absolute Gasteiger partial charge is 0.216 e. The number of Topliss-reactive ketones (excluding diaryl/α,β-unsaturated/α-hetero) is 1. The fourth-order valence-corrected chi connectivity index (χ4v) is 4.73. The molecular formula is C26H27ClN4O3. The van der Waals surface area contributed by atoms with Crippen molar-refractivity contribution in [1.82, 2.24) is 19.7 Å². The van der Waals surface area contributed by atoms with Gasteiger partial charge in [0.1, 0.15) is 5.75 Å². The second kappa shape index (κ2) is 9.16. The van der Waals surface area contributed by atoms with Crippen LogP contribution in [-0.4, -0.2) is 59.8 Å². The molecule has 7 nitrogen and oxygen atoms in total. The van der Waals surface area contributed by atoms with Gasteiger partial charge in [0, 0.05) is 40.8 Å². The Kier molecular flexibility index (Phi) is 6.06. The molecule has 5 rings (SSSR count). The van der Waals surface area contributed by atoms with Crippen molar-refractivity contribution < 1.29 is 14.3 Å². The molecule has 176 valence electrons. The zero-order chi connectivity index (χ0) is 23.8. The van der Waals surface area contributed by atoms with Crippen LogP contribution in [0.1, 0.15) is 15.9 Å². The minimum Gasteiger partial charge on any atom is -0.493 e. The number of nitrogens with zero attached hydrogens (tertiary/aromatic N) is 3. The first kappa shape index (κ1) is 22.5. The molecule has 2 aromatic carbocycles. The number of halogens is 1. The molecule has 0 saturated heterocycles. The number of carbonyl (C=O) groups is 1. The Morgan fingerprint density at radius 1 is 1.29 bits per heavy atom.